The molecule has 2 aromatic carbocycles. The molecule has 1 fully saturated rings. The number of nitrogens with zero attached hydrogens (tertiary/aromatic N) is 1. The van der Waals surface area contributed by atoms with E-state index in [1.165, 1.54) is 4.90 Å². The van der Waals surface area contributed by atoms with Crippen molar-refractivity contribution in [2.24, 2.45) is 5.73 Å². The fourth-order valence-electron chi connectivity index (χ4n) is 4.12. The van der Waals surface area contributed by atoms with Gasteiger partial charge in [-0.1, -0.05) is 37.1 Å². The van der Waals surface area contributed by atoms with Gasteiger partial charge < -0.3 is 11.1 Å². The molecule has 29 heavy (non-hydrogen) atoms. The quantitative estimate of drug-likeness (QED) is 0.737. The summed E-state index contributed by atoms with van der Waals surface area (Å²) in [4.78, 5) is 39.1. The number of benzene rings is 2. The highest BCUT2D eigenvalue weighted by molar-refractivity contribution is 6.21. The van der Waals surface area contributed by atoms with E-state index in [0.29, 0.717) is 23.2 Å². The van der Waals surface area contributed by atoms with Crippen molar-refractivity contribution in [3.05, 3.63) is 70.8 Å². The number of halogens is 1. The van der Waals surface area contributed by atoms with Crippen molar-refractivity contribution < 1.29 is 14.4 Å². The van der Waals surface area contributed by atoms with Crippen LogP contribution < -0.4 is 11.1 Å². The number of carbonyl (C=O) groups excluding carboxylic acids is 3. The van der Waals surface area contributed by atoms with Gasteiger partial charge in [0.25, 0.3) is 17.7 Å². The number of nitrogens with two attached hydrogens (primary N) is 1. The van der Waals surface area contributed by atoms with Gasteiger partial charge in [-0.3, -0.25) is 19.3 Å². The van der Waals surface area contributed by atoms with Crippen molar-refractivity contribution in [3.8, 4) is 0 Å². The average molecular weight is 414 g/mol. The maximum absolute atomic E-state index is 12.7. The van der Waals surface area contributed by atoms with Crippen LogP contribution in [-0.2, 0) is 6.54 Å². The molecule has 0 saturated heterocycles. The third kappa shape index (κ3) is 3.91. The third-order valence-corrected chi connectivity index (χ3v) is 5.74. The number of hydrogen-bond acceptors (Lipinski definition) is 4. The van der Waals surface area contributed by atoms with Gasteiger partial charge in [0, 0.05) is 12.1 Å². The lowest BCUT2D eigenvalue weighted by atomic mass is 9.97. The van der Waals surface area contributed by atoms with E-state index in [4.69, 9.17) is 5.73 Å². The van der Waals surface area contributed by atoms with Crippen LogP contribution >= 0.6 is 12.4 Å². The molecule has 152 valence electrons. The van der Waals surface area contributed by atoms with Gasteiger partial charge in [-0.15, -0.1) is 12.4 Å². The molecule has 1 saturated carbocycles. The highest BCUT2D eigenvalue weighted by Crippen LogP contribution is 2.29. The van der Waals surface area contributed by atoms with E-state index < -0.39 is 0 Å². The molecule has 0 bridgehead atoms. The Hall–Kier alpha value is -2.70. The Balaban J connectivity index is 0.00000240. The number of imide groups is 1. The molecule has 2 aliphatic rings. The lowest BCUT2D eigenvalue weighted by molar-refractivity contribution is 0.0642. The molecule has 3 amide bonds. The first-order valence-corrected chi connectivity index (χ1v) is 9.60. The topological polar surface area (TPSA) is 92.5 Å². The van der Waals surface area contributed by atoms with Gasteiger partial charge in [-0.2, -0.15) is 0 Å². The van der Waals surface area contributed by atoms with E-state index in [9.17, 15) is 14.4 Å². The number of rotatable bonds is 5. The van der Waals surface area contributed by atoms with Gasteiger partial charge in [0.1, 0.15) is 0 Å². The number of amides is 3. The molecule has 0 atom stereocenters. The van der Waals surface area contributed by atoms with Crippen molar-refractivity contribution in [1.82, 2.24) is 10.2 Å². The van der Waals surface area contributed by atoms with Crippen molar-refractivity contribution in [2.45, 2.75) is 37.8 Å². The fourth-order valence-corrected chi connectivity index (χ4v) is 4.12. The number of fused-ring (bicyclic) bond motifs is 1. The van der Waals surface area contributed by atoms with Crippen LogP contribution in [0, 0.1) is 0 Å². The summed E-state index contributed by atoms with van der Waals surface area (Å²) in [6.07, 6.45) is 3.92. The highest BCUT2D eigenvalue weighted by atomic mass is 35.5. The zero-order valence-electron chi connectivity index (χ0n) is 16.0. The van der Waals surface area contributed by atoms with Crippen LogP contribution in [0.5, 0.6) is 0 Å². The molecule has 0 aromatic heterocycles. The van der Waals surface area contributed by atoms with E-state index in [2.05, 4.69) is 5.32 Å². The molecule has 0 spiro atoms. The first-order valence-electron chi connectivity index (χ1n) is 9.60. The van der Waals surface area contributed by atoms with Crippen LogP contribution in [0.4, 0.5) is 0 Å². The SMILES string of the molecule is Cl.NCC1(NC(=O)c2cccc(CN3C(=O)c4ccccc4C3=O)c2)CCCC1. The molecule has 0 unspecified atom stereocenters. The molecule has 6 nitrogen and oxygen atoms in total. The Bertz CT molecular complexity index is 919. The Kier molecular flexibility index (Phi) is 6.05. The van der Waals surface area contributed by atoms with Crippen LogP contribution in [0.2, 0.25) is 0 Å². The van der Waals surface area contributed by atoms with E-state index in [0.717, 1.165) is 31.2 Å². The second-order valence-corrected chi connectivity index (χ2v) is 7.59. The standard InChI is InChI=1S/C22H23N3O3.ClH/c23-14-22(10-3-4-11-22)24-19(26)16-7-5-6-15(12-16)13-25-20(27)17-8-1-2-9-18(17)21(25)28;/h1-2,5-9,12H,3-4,10-11,13-14,23H2,(H,24,26);1H. The normalized spacial score (nSPS) is 17.1. The Morgan fingerprint density at radius 1 is 1.00 bits per heavy atom. The molecule has 2 aromatic rings. The maximum Gasteiger partial charge on any atom is 0.261 e. The first-order chi connectivity index (χ1) is 13.5. The van der Waals surface area contributed by atoms with Crippen LogP contribution in [-0.4, -0.2) is 34.7 Å². The minimum Gasteiger partial charge on any atom is -0.345 e. The van der Waals surface area contributed by atoms with E-state index in [1.807, 2.05) is 6.07 Å². The zero-order chi connectivity index (χ0) is 19.7. The van der Waals surface area contributed by atoms with Gasteiger partial charge in [0.05, 0.1) is 23.2 Å². The summed E-state index contributed by atoms with van der Waals surface area (Å²) in [5, 5.41) is 3.10. The molecule has 1 aliphatic heterocycles. The summed E-state index contributed by atoms with van der Waals surface area (Å²) in [6.45, 7) is 0.559. The Morgan fingerprint density at radius 2 is 1.62 bits per heavy atom. The summed E-state index contributed by atoms with van der Waals surface area (Å²) < 4.78 is 0. The summed E-state index contributed by atoms with van der Waals surface area (Å²) in [7, 11) is 0. The van der Waals surface area contributed by atoms with Crippen LogP contribution in [0.15, 0.2) is 48.5 Å². The number of carbonyl (C=O) groups is 3. The molecule has 1 heterocycles. The Morgan fingerprint density at radius 3 is 2.21 bits per heavy atom. The molecule has 7 heteroatoms. The van der Waals surface area contributed by atoms with Crippen molar-refractivity contribution in [1.29, 1.82) is 0 Å². The monoisotopic (exact) mass is 413 g/mol. The van der Waals surface area contributed by atoms with Gasteiger partial charge in [0.2, 0.25) is 0 Å². The molecule has 0 radical (unpaired) electrons. The summed E-state index contributed by atoms with van der Waals surface area (Å²) in [5.74, 6) is -0.774. The maximum atomic E-state index is 12.7. The largest absolute Gasteiger partial charge is 0.345 e. The van der Waals surface area contributed by atoms with Gasteiger partial charge in [-0.05, 0) is 42.7 Å². The van der Waals surface area contributed by atoms with Gasteiger partial charge in [-0.25, -0.2) is 0 Å². The lowest BCUT2D eigenvalue weighted by Gasteiger charge is -2.28. The average Bonchev–Trinajstić information content (AvgIpc) is 3.28. The second kappa shape index (κ2) is 8.35. The number of nitrogens with one attached hydrogen (secondary N) is 1. The van der Waals surface area contributed by atoms with E-state index in [1.54, 1.807) is 42.5 Å². The Labute approximate surface area is 175 Å². The smallest absolute Gasteiger partial charge is 0.261 e. The molecular formula is C22H24ClN3O3. The lowest BCUT2D eigenvalue weighted by Crippen LogP contribution is -2.51. The highest BCUT2D eigenvalue weighted by Gasteiger charge is 2.36. The third-order valence-electron chi connectivity index (χ3n) is 5.74. The second-order valence-electron chi connectivity index (χ2n) is 7.59. The summed E-state index contributed by atoms with van der Waals surface area (Å²) >= 11 is 0. The van der Waals surface area contributed by atoms with Gasteiger partial charge in [0.15, 0.2) is 0 Å². The van der Waals surface area contributed by atoms with E-state index >= 15 is 0 Å². The van der Waals surface area contributed by atoms with Crippen LogP contribution in [0.1, 0.15) is 62.3 Å². The predicted molar refractivity (Wildman–Crippen MR) is 112 cm³/mol. The fraction of sp³-hybridized carbons (Fsp3) is 0.318. The van der Waals surface area contributed by atoms with Crippen molar-refractivity contribution >= 4 is 30.1 Å². The van der Waals surface area contributed by atoms with Crippen LogP contribution in [0.3, 0.4) is 0 Å². The van der Waals surface area contributed by atoms with Crippen molar-refractivity contribution in [3.63, 3.8) is 0 Å². The number of hydrogen-bond donors (Lipinski definition) is 2. The minimum atomic E-state index is -0.324. The van der Waals surface area contributed by atoms with Crippen LogP contribution in [0.25, 0.3) is 0 Å². The van der Waals surface area contributed by atoms with Gasteiger partial charge >= 0.3 is 0 Å². The first kappa shape index (κ1) is 21.0. The summed E-state index contributed by atoms with van der Waals surface area (Å²) in [5.41, 5.74) is 7.67. The van der Waals surface area contributed by atoms with Crippen molar-refractivity contribution in [2.75, 3.05) is 6.54 Å². The predicted octanol–water partition coefficient (Wildman–Crippen LogP) is 2.91. The minimum absolute atomic E-state index is 0. The molecule has 1 aliphatic carbocycles. The zero-order valence-corrected chi connectivity index (χ0v) is 16.8. The summed E-state index contributed by atoms with van der Waals surface area (Å²) in [6, 6.07) is 13.9. The molecule has 3 N–H and O–H groups in total. The molecule has 4 rings (SSSR count). The van der Waals surface area contributed by atoms with E-state index in [-0.39, 0.29) is 42.2 Å². The molecular weight excluding hydrogens is 390 g/mol.